The smallest absolute Gasteiger partial charge is 0.334 e. The van der Waals surface area contributed by atoms with E-state index >= 15 is 0 Å². The van der Waals surface area contributed by atoms with E-state index in [0.29, 0.717) is 18.8 Å². The lowest BCUT2D eigenvalue weighted by Crippen LogP contribution is -2.43. The van der Waals surface area contributed by atoms with Crippen molar-refractivity contribution in [2.24, 2.45) is 0 Å². The van der Waals surface area contributed by atoms with E-state index in [1.165, 1.54) is 13.0 Å². The fourth-order valence-electron chi connectivity index (χ4n) is 1.52. The van der Waals surface area contributed by atoms with Gasteiger partial charge in [-0.25, -0.2) is 4.79 Å². The zero-order chi connectivity index (χ0) is 15.6. The quantitative estimate of drug-likeness (QED) is 0.590. The van der Waals surface area contributed by atoms with Gasteiger partial charge in [0, 0.05) is 13.3 Å². The largest absolute Gasteiger partial charge is 0.456 e. The Morgan fingerprint density at radius 3 is 2.55 bits per heavy atom. The predicted molar refractivity (Wildman–Crippen MR) is 77.5 cm³/mol. The average Bonchev–Trinajstić information content (AvgIpc) is 2.23. The van der Waals surface area contributed by atoms with Gasteiger partial charge < -0.3 is 13.9 Å². The molecule has 1 aliphatic heterocycles. The maximum absolute atomic E-state index is 11.5. The van der Waals surface area contributed by atoms with Crippen LogP contribution in [0.25, 0.3) is 0 Å². The van der Waals surface area contributed by atoms with Gasteiger partial charge in [-0.15, -0.1) is 0 Å². The fraction of sp³-hybridized carbons (Fsp3) is 0.714. The molecule has 114 valence electrons. The lowest BCUT2D eigenvalue weighted by atomic mass is 10.2. The third-order valence-electron chi connectivity index (χ3n) is 3.70. The van der Waals surface area contributed by atoms with Crippen molar-refractivity contribution in [1.29, 1.82) is 0 Å². The summed E-state index contributed by atoms with van der Waals surface area (Å²) < 4.78 is 16.2. The van der Waals surface area contributed by atoms with Crippen molar-refractivity contribution in [2.75, 3.05) is 6.61 Å². The Bertz CT molecular complexity index is 420. The molecule has 1 unspecified atom stereocenters. The van der Waals surface area contributed by atoms with Crippen molar-refractivity contribution < 1.29 is 23.5 Å². The van der Waals surface area contributed by atoms with Crippen LogP contribution in [0.5, 0.6) is 0 Å². The Morgan fingerprint density at radius 1 is 1.45 bits per heavy atom. The summed E-state index contributed by atoms with van der Waals surface area (Å²) in [7, 11) is -1.88. The van der Waals surface area contributed by atoms with Crippen LogP contribution in [0.15, 0.2) is 11.8 Å². The molecule has 0 bridgehead atoms. The molecule has 0 radical (unpaired) electrons. The molecule has 0 aromatic rings. The average molecular weight is 300 g/mol. The molecule has 0 spiro atoms. The summed E-state index contributed by atoms with van der Waals surface area (Å²) >= 11 is 0. The van der Waals surface area contributed by atoms with E-state index in [-0.39, 0.29) is 5.04 Å². The topological polar surface area (TPSA) is 61.8 Å². The highest BCUT2D eigenvalue weighted by Crippen LogP contribution is 2.36. The van der Waals surface area contributed by atoms with Crippen molar-refractivity contribution in [3.05, 3.63) is 11.8 Å². The molecule has 0 amide bonds. The molecule has 1 aliphatic rings. The first-order chi connectivity index (χ1) is 9.01. The van der Waals surface area contributed by atoms with Crippen LogP contribution in [0.3, 0.4) is 0 Å². The molecule has 1 heterocycles. The van der Waals surface area contributed by atoms with Crippen molar-refractivity contribution in [1.82, 2.24) is 0 Å². The lowest BCUT2D eigenvalue weighted by molar-refractivity contribution is -0.148. The molecule has 1 atom stereocenters. The van der Waals surface area contributed by atoms with Gasteiger partial charge in [0.15, 0.2) is 8.32 Å². The van der Waals surface area contributed by atoms with Gasteiger partial charge in [-0.1, -0.05) is 20.8 Å². The summed E-state index contributed by atoms with van der Waals surface area (Å²) in [5, 5.41) is 0.0974. The van der Waals surface area contributed by atoms with Crippen molar-refractivity contribution in [3.63, 3.8) is 0 Å². The van der Waals surface area contributed by atoms with Gasteiger partial charge in [-0.3, -0.25) is 4.79 Å². The first kappa shape index (κ1) is 16.9. The molecule has 0 aromatic carbocycles. The van der Waals surface area contributed by atoms with Gasteiger partial charge in [-0.05, 0) is 18.1 Å². The maximum atomic E-state index is 11.5. The van der Waals surface area contributed by atoms with Gasteiger partial charge in [0.05, 0.1) is 12.7 Å². The minimum absolute atomic E-state index is 0.0974. The van der Waals surface area contributed by atoms with Gasteiger partial charge in [-0.2, -0.15) is 0 Å². The Labute approximate surface area is 121 Å². The number of esters is 2. The molecule has 0 aromatic heterocycles. The van der Waals surface area contributed by atoms with Crippen LogP contribution in [0.2, 0.25) is 18.1 Å². The molecule has 0 saturated heterocycles. The zero-order valence-electron chi connectivity index (χ0n) is 13.1. The molecular weight excluding hydrogens is 276 g/mol. The maximum Gasteiger partial charge on any atom is 0.334 e. The number of hydrogen-bond acceptors (Lipinski definition) is 5. The van der Waals surface area contributed by atoms with E-state index in [1.54, 1.807) is 0 Å². The van der Waals surface area contributed by atoms with Gasteiger partial charge in [0.2, 0.25) is 0 Å². The second-order valence-electron chi connectivity index (χ2n) is 6.54. The molecule has 6 heteroatoms. The Hall–Kier alpha value is -1.14. The summed E-state index contributed by atoms with van der Waals surface area (Å²) in [6.07, 6.45) is 1.19. The molecule has 1 rings (SSSR count). The van der Waals surface area contributed by atoms with E-state index in [0.717, 1.165) is 0 Å². The number of rotatable bonds is 4. The summed E-state index contributed by atoms with van der Waals surface area (Å²) in [6, 6.07) is 0. The van der Waals surface area contributed by atoms with Crippen LogP contribution < -0.4 is 0 Å². The van der Waals surface area contributed by atoms with Crippen molar-refractivity contribution >= 4 is 20.3 Å². The first-order valence-corrected chi connectivity index (χ1v) is 9.65. The Balaban J connectivity index is 2.60. The zero-order valence-corrected chi connectivity index (χ0v) is 14.1. The standard InChI is InChI=1S/C14H24O5Si/c1-10(15)18-11-7-12(19-13(16)8-11)9-17-20(5,6)14(2,3)4/h8,12H,7,9H2,1-6H3. The van der Waals surface area contributed by atoms with Crippen molar-refractivity contribution in [2.45, 2.75) is 58.4 Å². The molecule has 0 N–H and O–H groups in total. The molecule has 0 aliphatic carbocycles. The second kappa shape index (κ2) is 6.09. The first-order valence-electron chi connectivity index (χ1n) is 6.75. The highest BCUT2D eigenvalue weighted by atomic mass is 28.4. The van der Waals surface area contributed by atoms with Gasteiger partial charge in [0.25, 0.3) is 0 Å². The van der Waals surface area contributed by atoms with E-state index < -0.39 is 26.4 Å². The van der Waals surface area contributed by atoms with E-state index in [2.05, 4.69) is 33.9 Å². The molecule has 20 heavy (non-hydrogen) atoms. The minimum atomic E-state index is -1.88. The Kier molecular flexibility index (Phi) is 5.15. The number of ether oxygens (including phenoxy) is 2. The number of hydrogen-bond donors (Lipinski definition) is 0. The van der Waals surface area contributed by atoms with Crippen LogP contribution in [0.1, 0.15) is 34.1 Å². The van der Waals surface area contributed by atoms with Crippen LogP contribution >= 0.6 is 0 Å². The highest BCUT2D eigenvalue weighted by Gasteiger charge is 2.38. The van der Waals surface area contributed by atoms with Gasteiger partial charge in [0.1, 0.15) is 11.9 Å². The lowest BCUT2D eigenvalue weighted by Gasteiger charge is -2.37. The number of carbonyl (C=O) groups excluding carboxylic acids is 2. The van der Waals surface area contributed by atoms with Crippen molar-refractivity contribution in [3.8, 4) is 0 Å². The number of cyclic esters (lactones) is 1. The SMILES string of the molecule is CC(=O)OC1=CC(=O)OC(CO[Si](C)(C)C(C)(C)C)C1. The third-order valence-corrected chi connectivity index (χ3v) is 8.20. The van der Waals surface area contributed by atoms with E-state index in [4.69, 9.17) is 13.9 Å². The number of carbonyl (C=O) groups is 2. The minimum Gasteiger partial charge on any atom is -0.456 e. The highest BCUT2D eigenvalue weighted by molar-refractivity contribution is 6.74. The molecule has 0 fully saturated rings. The second-order valence-corrected chi connectivity index (χ2v) is 11.3. The van der Waals surface area contributed by atoms with Crippen LogP contribution in [0, 0.1) is 0 Å². The van der Waals surface area contributed by atoms with Crippen LogP contribution in [-0.2, 0) is 23.5 Å². The summed E-state index contributed by atoms with van der Waals surface area (Å²) in [4.78, 5) is 22.4. The summed E-state index contributed by atoms with van der Waals surface area (Å²) in [6.45, 7) is 12.4. The fourth-order valence-corrected chi connectivity index (χ4v) is 2.56. The van der Waals surface area contributed by atoms with Crippen LogP contribution in [-0.4, -0.2) is 33.0 Å². The predicted octanol–water partition coefficient (Wildman–Crippen LogP) is 2.77. The van der Waals surface area contributed by atoms with Gasteiger partial charge >= 0.3 is 11.9 Å². The summed E-state index contributed by atoms with van der Waals surface area (Å²) in [5.41, 5.74) is 0. The summed E-state index contributed by atoms with van der Waals surface area (Å²) in [5.74, 6) is -0.580. The van der Waals surface area contributed by atoms with E-state index in [1.807, 2.05) is 0 Å². The monoisotopic (exact) mass is 300 g/mol. The van der Waals surface area contributed by atoms with E-state index in [9.17, 15) is 9.59 Å². The third kappa shape index (κ3) is 4.75. The Morgan fingerprint density at radius 2 is 2.05 bits per heavy atom. The molecular formula is C14H24O5Si. The normalized spacial score (nSPS) is 20.2. The van der Waals surface area contributed by atoms with Crippen LogP contribution in [0.4, 0.5) is 0 Å². The molecule has 0 saturated carbocycles. The molecule has 5 nitrogen and oxygen atoms in total.